The summed E-state index contributed by atoms with van der Waals surface area (Å²) in [6.07, 6.45) is 2.68. The number of hydrogen-bond acceptors (Lipinski definition) is 5. The van der Waals surface area contributed by atoms with Gasteiger partial charge in [-0.1, -0.05) is 0 Å². The van der Waals surface area contributed by atoms with E-state index in [1.54, 1.807) is 17.7 Å². The Hall–Kier alpha value is -2.88. The maximum Gasteiger partial charge on any atom is 0.268 e. The van der Waals surface area contributed by atoms with Crippen LogP contribution >= 0.6 is 0 Å². The highest BCUT2D eigenvalue weighted by molar-refractivity contribution is 7.90. The molecular weight excluding hydrogens is 354 g/mol. The van der Waals surface area contributed by atoms with Crippen LogP contribution in [-0.4, -0.2) is 28.9 Å². The summed E-state index contributed by atoms with van der Waals surface area (Å²) in [4.78, 5) is 15.6. The summed E-state index contributed by atoms with van der Waals surface area (Å²) in [7, 11) is -4.46. The molecule has 10 heteroatoms. The fraction of sp³-hybridized carbons (Fsp3) is 0.133. The zero-order valence-electron chi connectivity index (χ0n) is 13.1. The minimum atomic E-state index is -4.46. The largest absolute Gasteiger partial charge is 0.268 e. The fourth-order valence-corrected chi connectivity index (χ4v) is 3.22. The number of aromatic nitrogens is 3. The van der Waals surface area contributed by atoms with Gasteiger partial charge in [-0.2, -0.15) is 5.10 Å². The third kappa shape index (κ3) is 2.95. The Balaban J connectivity index is 1.97. The molecule has 0 bridgehead atoms. The topological polar surface area (TPSA) is 93.4 Å². The maximum absolute atomic E-state index is 13.6. The average molecular weight is 366 g/mol. The van der Waals surface area contributed by atoms with Crippen LogP contribution in [0.15, 0.2) is 35.5 Å². The highest BCUT2D eigenvalue weighted by atomic mass is 32.2. The lowest BCUT2D eigenvalue weighted by molar-refractivity contribution is 0.0979. The van der Waals surface area contributed by atoms with E-state index in [9.17, 15) is 22.0 Å². The van der Waals surface area contributed by atoms with E-state index < -0.39 is 32.5 Å². The summed E-state index contributed by atoms with van der Waals surface area (Å²) >= 11 is 0. The van der Waals surface area contributed by atoms with Gasteiger partial charge in [0, 0.05) is 17.8 Å². The molecule has 0 fully saturated rings. The number of aryl methyl sites for hydroxylation is 1. The number of nitrogens with zero attached hydrogens (tertiary/aromatic N) is 3. The Bertz CT molecular complexity index is 1090. The van der Waals surface area contributed by atoms with E-state index in [0.717, 1.165) is 0 Å². The average Bonchev–Trinajstić information content (AvgIpc) is 3.01. The van der Waals surface area contributed by atoms with Gasteiger partial charge in [-0.15, -0.1) is 0 Å². The van der Waals surface area contributed by atoms with Crippen molar-refractivity contribution in [2.45, 2.75) is 18.7 Å². The molecule has 0 radical (unpaired) electrons. The molecular formula is C15H12F2N4O3S. The van der Waals surface area contributed by atoms with Crippen LogP contribution in [0.25, 0.3) is 5.65 Å². The van der Waals surface area contributed by atoms with Gasteiger partial charge in [0.2, 0.25) is 0 Å². The van der Waals surface area contributed by atoms with Crippen molar-refractivity contribution >= 4 is 21.6 Å². The molecule has 1 N–H and O–H groups in total. The zero-order chi connectivity index (χ0) is 18.4. The van der Waals surface area contributed by atoms with Gasteiger partial charge in [0.05, 0.1) is 22.3 Å². The third-order valence-corrected chi connectivity index (χ3v) is 5.00. The van der Waals surface area contributed by atoms with Gasteiger partial charge in [0.25, 0.3) is 15.9 Å². The number of halogens is 2. The summed E-state index contributed by atoms with van der Waals surface area (Å²) in [6, 6.07) is 2.91. The number of carbonyl (C=O) groups excluding carboxylic acids is 1. The zero-order valence-corrected chi connectivity index (χ0v) is 13.9. The monoisotopic (exact) mass is 366 g/mol. The van der Waals surface area contributed by atoms with Gasteiger partial charge >= 0.3 is 0 Å². The predicted molar refractivity (Wildman–Crippen MR) is 83.5 cm³/mol. The number of hydrogen-bond donors (Lipinski definition) is 1. The lowest BCUT2D eigenvalue weighted by Gasteiger charge is -2.10. The highest BCUT2D eigenvalue weighted by Crippen LogP contribution is 2.18. The van der Waals surface area contributed by atoms with E-state index in [-0.39, 0.29) is 11.1 Å². The quantitative estimate of drug-likeness (QED) is 0.762. The molecule has 0 spiro atoms. The van der Waals surface area contributed by atoms with Crippen LogP contribution in [0.1, 0.15) is 21.6 Å². The van der Waals surface area contributed by atoms with Crippen LogP contribution < -0.4 is 4.72 Å². The van der Waals surface area contributed by atoms with E-state index in [4.69, 9.17) is 0 Å². The fourth-order valence-electron chi connectivity index (χ4n) is 2.23. The molecule has 3 aromatic rings. The van der Waals surface area contributed by atoms with Gasteiger partial charge in [0.15, 0.2) is 5.65 Å². The van der Waals surface area contributed by atoms with Gasteiger partial charge in [-0.05, 0) is 26.0 Å². The minimum Gasteiger partial charge on any atom is -0.268 e. The molecule has 7 nitrogen and oxygen atoms in total. The van der Waals surface area contributed by atoms with Crippen molar-refractivity contribution in [1.29, 1.82) is 0 Å². The van der Waals surface area contributed by atoms with E-state index in [2.05, 4.69) is 10.1 Å². The lowest BCUT2D eigenvalue weighted by atomic mass is 10.2. The standard InChI is InChI=1S/C15H12F2N4O3S/c1-8-12(16)5-10(6-13(8)17)25(23,24)20-15(22)11-7-18-14-3-4-19-21(14)9(11)2/h3-7H,1-2H3,(H,20,22). The molecule has 0 unspecified atom stereocenters. The Labute approximate surface area is 141 Å². The van der Waals surface area contributed by atoms with Crippen LogP contribution in [0.4, 0.5) is 8.78 Å². The van der Waals surface area contributed by atoms with Crippen LogP contribution in [0.5, 0.6) is 0 Å². The number of carbonyl (C=O) groups is 1. The molecule has 0 aliphatic heterocycles. The summed E-state index contributed by atoms with van der Waals surface area (Å²) in [5.41, 5.74) is 0.505. The Morgan fingerprint density at radius 1 is 1.20 bits per heavy atom. The van der Waals surface area contributed by atoms with Crippen molar-refractivity contribution in [3.05, 3.63) is 59.0 Å². The molecule has 0 atom stereocenters. The molecule has 0 aliphatic rings. The molecule has 130 valence electrons. The van der Waals surface area contributed by atoms with Crippen molar-refractivity contribution in [2.24, 2.45) is 0 Å². The SMILES string of the molecule is Cc1c(F)cc(S(=O)(=O)NC(=O)c2cnc3ccnn3c2C)cc1F. The van der Waals surface area contributed by atoms with Gasteiger partial charge in [0.1, 0.15) is 11.6 Å². The molecule has 25 heavy (non-hydrogen) atoms. The second-order valence-corrected chi connectivity index (χ2v) is 6.99. The Kier molecular flexibility index (Phi) is 3.99. The second kappa shape index (κ2) is 5.88. The summed E-state index contributed by atoms with van der Waals surface area (Å²) < 4.78 is 54.8. The van der Waals surface area contributed by atoms with E-state index >= 15 is 0 Å². The van der Waals surface area contributed by atoms with Crippen LogP contribution in [0, 0.1) is 25.5 Å². The summed E-state index contributed by atoms with van der Waals surface area (Å²) in [5, 5.41) is 3.97. The predicted octanol–water partition coefficient (Wildman–Crippen LogP) is 1.74. The van der Waals surface area contributed by atoms with Crippen molar-refractivity contribution in [1.82, 2.24) is 19.3 Å². The van der Waals surface area contributed by atoms with E-state index in [1.165, 1.54) is 23.8 Å². The van der Waals surface area contributed by atoms with Crippen LogP contribution in [-0.2, 0) is 10.0 Å². The number of sulfonamides is 1. The van der Waals surface area contributed by atoms with Gasteiger partial charge in [-0.25, -0.2) is 31.4 Å². The first-order chi connectivity index (χ1) is 11.7. The normalized spacial score (nSPS) is 11.7. The molecule has 3 rings (SSSR count). The first-order valence-electron chi connectivity index (χ1n) is 7.03. The van der Waals surface area contributed by atoms with Crippen molar-refractivity contribution < 1.29 is 22.0 Å². The molecule has 0 aliphatic carbocycles. The number of fused-ring (bicyclic) bond motifs is 1. The smallest absolute Gasteiger partial charge is 0.268 e. The first-order valence-corrected chi connectivity index (χ1v) is 8.51. The number of amides is 1. The third-order valence-electron chi connectivity index (χ3n) is 3.69. The molecule has 0 saturated carbocycles. The minimum absolute atomic E-state index is 0.0344. The second-order valence-electron chi connectivity index (χ2n) is 5.31. The number of benzene rings is 1. The lowest BCUT2D eigenvalue weighted by Crippen LogP contribution is -2.31. The molecule has 2 heterocycles. The van der Waals surface area contributed by atoms with Gasteiger partial charge < -0.3 is 0 Å². The molecule has 2 aromatic heterocycles. The molecule has 1 amide bonds. The first kappa shape index (κ1) is 17.0. The summed E-state index contributed by atoms with van der Waals surface area (Å²) in [5.74, 6) is -3.03. The van der Waals surface area contributed by atoms with Crippen molar-refractivity contribution in [2.75, 3.05) is 0 Å². The van der Waals surface area contributed by atoms with E-state index in [0.29, 0.717) is 23.5 Å². The number of rotatable bonds is 3. The maximum atomic E-state index is 13.6. The summed E-state index contributed by atoms with van der Waals surface area (Å²) in [6.45, 7) is 2.74. The highest BCUT2D eigenvalue weighted by Gasteiger charge is 2.23. The molecule has 0 saturated heterocycles. The Morgan fingerprint density at radius 2 is 1.84 bits per heavy atom. The van der Waals surface area contributed by atoms with Crippen LogP contribution in [0.3, 0.4) is 0 Å². The van der Waals surface area contributed by atoms with Gasteiger partial charge in [-0.3, -0.25) is 4.79 Å². The molecule has 1 aromatic carbocycles. The number of nitrogens with one attached hydrogen (secondary N) is 1. The Morgan fingerprint density at radius 3 is 2.48 bits per heavy atom. The van der Waals surface area contributed by atoms with Crippen LogP contribution in [0.2, 0.25) is 0 Å². The van der Waals surface area contributed by atoms with Crippen molar-refractivity contribution in [3.63, 3.8) is 0 Å². The van der Waals surface area contributed by atoms with E-state index in [1.807, 2.05) is 0 Å². The van der Waals surface area contributed by atoms with Crippen molar-refractivity contribution in [3.8, 4) is 0 Å².